The van der Waals surface area contributed by atoms with Crippen LogP contribution in [0.3, 0.4) is 0 Å². The van der Waals surface area contributed by atoms with Crippen molar-refractivity contribution in [3.8, 4) is 0 Å². The Kier molecular flexibility index (Phi) is 5.43. The standard InChI is InChI=1S/C18H22ClN3O2S/c19-15-4-1-3-14(11-15)18(13-20)8-6-16(7-9-18)22-25(23,24)17-5-2-10-21-12-17/h1-5,10-12,16,22H,6-9,13,20H2. The normalized spacial score (nSPS) is 24.2. The molecule has 134 valence electrons. The lowest BCUT2D eigenvalue weighted by molar-refractivity contribution is 0.267. The summed E-state index contributed by atoms with van der Waals surface area (Å²) >= 11 is 6.13. The van der Waals surface area contributed by atoms with E-state index in [0.717, 1.165) is 31.2 Å². The number of benzene rings is 1. The van der Waals surface area contributed by atoms with E-state index in [0.29, 0.717) is 11.6 Å². The van der Waals surface area contributed by atoms with E-state index in [-0.39, 0.29) is 16.4 Å². The van der Waals surface area contributed by atoms with E-state index >= 15 is 0 Å². The molecule has 0 atom stereocenters. The summed E-state index contributed by atoms with van der Waals surface area (Å²) in [5.41, 5.74) is 7.09. The number of aromatic nitrogens is 1. The number of sulfonamides is 1. The molecule has 5 nitrogen and oxygen atoms in total. The monoisotopic (exact) mass is 379 g/mol. The topological polar surface area (TPSA) is 85.1 Å². The van der Waals surface area contributed by atoms with Crippen molar-refractivity contribution in [2.45, 2.75) is 42.0 Å². The van der Waals surface area contributed by atoms with Gasteiger partial charge in [0, 0.05) is 35.4 Å². The Morgan fingerprint density at radius 2 is 2.00 bits per heavy atom. The Morgan fingerprint density at radius 1 is 1.24 bits per heavy atom. The van der Waals surface area contributed by atoms with Crippen molar-refractivity contribution in [2.75, 3.05) is 6.54 Å². The number of halogens is 1. The van der Waals surface area contributed by atoms with E-state index in [1.807, 2.05) is 18.2 Å². The first-order valence-corrected chi connectivity index (χ1v) is 10.2. The van der Waals surface area contributed by atoms with Gasteiger partial charge in [0.25, 0.3) is 0 Å². The Morgan fingerprint density at radius 3 is 2.60 bits per heavy atom. The number of rotatable bonds is 5. The molecule has 0 aliphatic heterocycles. The molecule has 1 aromatic heterocycles. The molecule has 1 fully saturated rings. The molecule has 1 aliphatic rings. The van der Waals surface area contributed by atoms with Crippen LogP contribution >= 0.6 is 11.6 Å². The second-order valence-corrected chi connectivity index (χ2v) is 8.73. The minimum absolute atomic E-state index is 0.0935. The number of nitrogens with one attached hydrogen (secondary N) is 1. The van der Waals surface area contributed by atoms with Crippen molar-refractivity contribution >= 4 is 21.6 Å². The Labute approximate surface area is 153 Å². The van der Waals surface area contributed by atoms with Crippen LogP contribution in [0.1, 0.15) is 31.2 Å². The van der Waals surface area contributed by atoms with Crippen molar-refractivity contribution in [1.29, 1.82) is 0 Å². The zero-order valence-corrected chi connectivity index (χ0v) is 15.4. The van der Waals surface area contributed by atoms with Gasteiger partial charge in [-0.2, -0.15) is 0 Å². The fourth-order valence-electron chi connectivity index (χ4n) is 3.51. The molecular weight excluding hydrogens is 358 g/mol. The van der Waals surface area contributed by atoms with Crippen molar-refractivity contribution in [3.05, 3.63) is 59.4 Å². The predicted octanol–water partition coefficient (Wildman–Crippen LogP) is 2.85. The lowest BCUT2D eigenvalue weighted by atomic mass is 9.68. The van der Waals surface area contributed by atoms with Gasteiger partial charge >= 0.3 is 0 Å². The molecule has 3 rings (SSSR count). The Balaban J connectivity index is 1.71. The highest BCUT2D eigenvalue weighted by Gasteiger charge is 2.37. The summed E-state index contributed by atoms with van der Waals surface area (Å²) in [4.78, 5) is 4.08. The van der Waals surface area contributed by atoms with Crippen molar-refractivity contribution in [2.24, 2.45) is 5.73 Å². The molecule has 0 bridgehead atoms. The summed E-state index contributed by atoms with van der Waals surface area (Å²) in [6.07, 6.45) is 6.04. The van der Waals surface area contributed by atoms with Gasteiger partial charge < -0.3 is 5.73 Å². The number of nitrogens with two attached hydrogens (primary N) is 1. The van der Waals surface area contributed by atoms with E-state index in [1.54, 1.807) is 18.3 Å². The number of hydrogen-bond donors (Lipinski definition) is 2. The lowest BCUT2D eigenvalue weighted by Crippen LogP contribution is -2.45. The van der Waals surface area contributed by atoms with Gasteiger partial charge in [-0.25, -0.2) is 13.1 Å². The third-order valence-corrected chi connectivity index (χ3v) is 6.78. The third-order valence-electron chi connectivity index (χ3n) is 5.04. The van der Waals surface area contributed by atoms with Gasteiger partial charge in [0.15, 0.2) is 0 Å². The largest absolute Gasteiger partial charge is 0.330 e. The molecule has 0 saturated heterocycles. The van der Waals surface area contributed by atoms with E-state index < -0.39 is 10.0 Å². The molecule has 3 N–H and O–H groups in total. The molecule has 7 heteroatoms. The predicted molar refractivity (Wildman–Crippen MR) is 99.0 cm³/mol. The second kappa shape index (κ2) is 7.41. The molecule has 25 heavy (non-hydrogen) atoms. The van der Waals surface area contributed by atoms with E-state index in [2.05, 4.69) is 15.8 Å². The summed E-state index contributed by atoms with van der Waals surface area (Å²) in [6, 6.07) is 10.9. The maximum Gasteiger partial charge on any atom is 0.242 e. The van der Waals surface area contributed by atoms with Gasteiger partial charge in [0.05, 0.1) is 0 Å². The van der Waals surface area contributed by atoms with Crippen molar-refractivity contribution in [3.63, 3.8) is 0 Å². The van der Waals surface area contributed by atoms with Crippen LogP contribution in [0.5, 0.6) is 0 Å². The minimum Gasteiger partial charge on any atom is -0.330 e. The Bertz CT molecular complexity index is 819. The van der Waals surface area contributed by atoms with Crippen LogP contribution < -0.4 is 10.5 Å². The number of hydrogen-bond acceptors (Lipinski definition) is 4. The van der Waals surface area contributed by atoms with Gasteiger partial charge in [0.1, 0.15) is 4.90 Å². The molecular formula is C18H22ClN3O2S. The zero-order chi connectivity index (χ0) is 17.9. The van der Waals surface area contributed by atoms with Crippen LogP contribution in [0.4, 0.5) is 0 Å². The van der Waals surface area contributed by atoms with Crippen molar-refractivity contribution < 1.29 is 8.42 Å². The van der Waals surface area contributed by atoms with E-state index in [9.17, 15) is 8.42 Å². The third kappa shape index (κ3) is 4.03. The first kappa shape index (κ1) is 18.3. The van der Waals surface area contributed by atoms with Crippen LogP contribution in [0.15, 0.2) is 53.7 Å². The summed E-state index contributed by atoms with van der Waals surface area (Å²) < 4.78 is 27.7. The van der Waals surface area contributed by atoms with Crippen LogP contribution in [0.25, 0.3) is 0 Å². The van der Waals surface area contributed by atoms with Crippen LogP contribution in [-0.4, -0.2) is 26.0 Å². The first-order valence-electron chi connectivity index (χ1n) is 8.34. The first-order chi connectivity index (χ1) is 12.0. The average Bonchev–Trinajstić information content (AvgIpc) is 2.63. The SMILES string of the molecule is NCC1(c2cccc(Cl)c2)CCC(NS(=O)(=O)c2cccnc2)CC1. The molecule has 0 radical (unpaired) electrons. The molecule has 2 aromatic rings. The Hall–Kier alpha value is -1.47. The molecule has 0 amide bonds. The maximum atomic E-state index is 12.5. The molecule has 1 heterocycles. The smallest absolute Gasteiger partial charge is 0.242 e. The van der Waals surface area contributed by atoms with Crippen molar-refractivity contribution in [1.82, 2.24) is 9.71 Å². The summed E-state index contributed by atoms with van der Waals surface area (Å²) in [5.74, 6) is 0. The molecule has 1 saturated carbocycles. The van der Waals surface area contributed by atoms with E-state index in [1.165, 1.54) is 6.20 Å². The lowest BCUT2D eigenvalue weighted by Gasteiger charge is -2.40. The van der Waals surface area contributed by atoms with Gasteiger partial charge in [-0.1, -0.05) is 23.7 Å². The highest BCUT2D eigenvalue weighted by atomic mass is 35.5. The molecule has 1 aliphatic carbocycles. The minimum atomic E-state index is -3.54. The van der Waals surface area contributed by atoms with E-state index in [4.69, 9.17) is 17.3 Å². The summed E-state index contributed by atoms with van der Waals surface area (Å²) in [5, 5.41) is 0.699. The summed E-state index contributed by atoms with van der Waals surface area (Å²) in [6.45, 7) is 0.523. The number of nitrogens with zero attached hydrogens (tertiary/aromatic N) is 1. The number of pyridine rings is 1. The second-order valence-electron chi connectivity index (χ2n) is 6.58. The van der Waals surface area contributed by atoms with Gasteiger partial charge in [-0.15, -0.1) is 0 Å². The quantitative estimate of drug-likeness (QED) is 0.836. The highest BCUT2D eigenvalue weighted by molar-refractivity contribution is 7.89. The van der Waals surface area contributed by atoms with Crippen LogP contribution in [0.2, 0.25) is 5.02 Å². The fraction of sp³-hybridized carbons (Fsp3) is 0.389. The highest BCUT2D eigenvalue weighted by Crippen LogP contribution is 2.39. The van der Waals surface area contributed by atoms with Gasteiger partial charge in [-0.3, -0.25) is 4.98 Å². The van der Waals surface area contributed by atoms with Gasteiger partial charge in [-0.05, 0) is 55.5 Å². The molecule has 0 unspecified atom stereocenters. The molecule has 1 aromatic carbocycles. The fourth-order valence-corrected chi connectivity index (χ4v) is 4.97. The van der Waals surface area contributed by atoms with Crippen LogP contribution in [0, 0.1) is 0 Å². The molecule has 0 spiro atoms. The van der Waals surface area contributed by atoms with Crippen LogP contribution in [-0.2, 0) is 15.4 Å². The summed E-state index contributed by atoms with van der Waals surface area (Å²) in [7, 11) is -3.54. The maximum absolute atomic E-state index is 12.5. The zero-order valence-electron chi connectivity index (χ0n) is 13.9. The average molecular weight is 380 g/mol. The van der Waals surface area contributed by atoms with Gasteiger partial charge in [0.2, 0.25) is 10.0 Å².